The zero-order valence-corrected chi connectivity index (χ0v) is 15.7. The number of anilines is 1. The number of nitrogens with zero attached hydrogens (tertiary/aromatic N) is 1. The molecule has 0 bridgehead atoms. The van der Waals surface area contributed by atoms with E-state index in [0.717, 1.165) is 33.7 Å². The molecule has 4 rings (SSSR count). The number of nitrogens with one attached hydrogen (secondary N) is 1. The van der Waals surface area contributed by atoms with Gasteiger partial charge in [-0.1, -0.05) is 66.2 Å². The second-order valence-electron chi connectivity index (χ2n) is 6.67. The zero-order chi connectivity index (χ0) is 18.8. The van der Waals surface area contributed by atoms with Crippen LogP contribution in [-0.4, -0.2) is 17.7 Å². The second-order valence-corrected chi connectivity index (χ2v) is 7.11. The van der Waals surface area contributed by atoms with Gasteiger partial charge in [0, 0.05) is 22.6 Å². The molecule has 0 aromatic heterocycles. The van der Waals surface area contributed by atoms with E-state index in [2.05, 4.69) is 24.4 Å². The van der Waals surface area contributed by atoms with E-state index >= 15 is 0 Å². The van der Waals surface area contributed by atoms with Crippen LogP contribution in [0.5, 0.6) is 0 Å². The average molecular weight is 375 g/mol. The molecular formula is C23H19ClN2O. The van der Waals surface area contributed by atoms with Gasteiger partial charge in [0.1, 0.15) is 6.04 Å². The lowest BCUT2D eigenvalue weighted by molar-refractivity contribution is -0.117. The van der Waals surface area contributed by atoms with E-state index in [1.807, 2.05) is 54.6 Å². The number of aliphatic imine (C=N–C) groups is 1. The summed E-state index contributed by atoms with van der Waals surface area (Å²) in [6.45, 7) is 2.06. The van der Waals surface area contributed by atoms with Gasteiger partial charge in [-0.3, -0.25) is 9.79 Å². The number of halogens is 1. The largest absolute Gasteiger partial charge is 0.324 e. The Morgan fingerprint density at radius 3 is 2.52 bits per heavy atom. The van der Waals surface area contributed by atoms with Crippen LogP contribution >= 0.6 is 11.6 Å². The van der Waals surface area contributed by atoms with Crippen LogP contribution < -0.4 is 5.32 Å². The van der Waals surface area contributed by atoms with Gasteiger partial charge in [-0.25, -0.2) is 0 Å². The molecule has 1 heterocycles. The van der Waals surface area contributed by atoms with E-state index < -0.39 is 6.04 Å². The van der Waals surface area contributed by atoms with Crippen molar-refractivity contribution >= 4 is 28.9 Å². The number of carbonyl (C=O) groups is 1. The van der Waals surface area contributed by atoms with Crippen LogP contribution in [0.1, 0.15) is 22.3 Å². The van der Waals surface area contributed by atoms with Crippen molar-refractivity contribution in [3.63, 3.8) is 0 Å². The lowest BCUT2D eigenvalue weighted by Gasteiger charge is -2.13. The molecule has 0 saturated carbocycles. The number of aryl methyl sites for hydroxylation is 1. The molecule has 3 aromatic rings. The summed E-state index contributed by atoms with van der Waals surface area (Å²) in [5, 5.41) is 3.64. The number of fused-ring (bicyclic) bond motifs is 1. The van der Waals surface area contributed by atoms with Gasteiger partial charge in [-0.2, -0.15) is 0 Å². The van der Waals surface area contributed by atoms with Crippen LogP contribution in [0.2, 0.25) is 5.02 Å². The van der Waals surface area contributed by atoms with E-state index in [4.69, 9.17) is 16.6 Å². The van der Waals surface area contributed by atoms with E-state index in [9.17, 15) is 4.79 Å². The molecule has 3 aromatic carbocycles. The number of amides is 1. The van der Waals surface area contributed by atoms with E-state index in [1.54, 1.807) is 6.07 Å². The minimum absolute atomic E-state index is 0.104. The number of hydrogen-bond donors (Lipinski definition) is 1. The number of rotatable bonds is 3. The minimum Gasteiger partial charge on any atom is -0.324 e. The molecule has 1 aliphatic rings. The molecule has 1 amide bonds. The SMILES string of the molecule is Cc1ccccc1CC1N=C(c2ccccc2)c2cc(Cl)ccc2NC1=O. The third-order valence-electron chi connectivity index (χ3n) is 4.80. The molecule has 0 aliphatic carbocycles. The van der Waals surface area contributed by atoms with Crippen molar-refractivity contribution in [2.45, 2.75) is 19.4 Å². The fourth-order valence-corrected chi connectivity index (χ4v) is 3.51. The topological polar surface area (TPSA) is 41.5 Å². The van der Waals surface area contributed by atoms with Crippen LogP contribution in [0, 0.1) is 6.92 Å². The third kappa shape index (κ3) is 3.64. The number of benzodiazepines with no additional fused rings is 1. The van der Waals surface area contributed by atoms with Crippen molar-refractivity contribution < 1.29 is 4.79 Å². The van der Waals surface area contributed by atoms with Gasteiger partial charge >= 0.3 is 0 Å². The Kier molecular flexibility index (Phi) is 4.78. The first kappa shape index (κ1) is 17.5. The Labute approximate surface area is 163 Å². The first-order valence-electron chi connectivity index (χ1n) is 8.90. The van der Waals surface area contributed by atoms with Crippen molar-refractivity contribution in [1.82, 2.24) is 0 Å². The first-order valence-corrected chi connectivity index (χ1v) is 9.28. The summed E-state index contributed by atoms with van der Waals surface area (Å²) in [4.78, 5) is 17.8. The first-order chi connectivity index (χ1) is 13.1. The van der Waals surface area contributed by atoms with Crippen LogP contribution in [0.4, 0.5) is 5.69 Å². The number of hydrogen-bond acceptors (Lipinski definition) is 2. The van der Waals surface area contributed by atoms with Crippen LogP contribution in [-0.2, 0) is 11.2 Å². The van der Waals surface area contributed by atoms with Gasteiger partial charge in [-0.15, -0.1) is 0 Å². The maximum Gasteiger partial charge on any atom is 0.249 e. The molecule has 0 saturated heterocycles. The molecule has 27 heavy (non-hydrogen) atoms. The summed E-state index contributed by atoms with van der Waals surface area (Å²) in [5.41, 5.74) is 5.61. The molecule has 134 valence electrons. The molecule has 1 atom stereocenters. The van der Waals surface area contributed by atoms with Crippen LogP contribution in [0.3, 0.4) is 0 Å². The van der Waals surface area contributed by atoms with Crippen molar-refractivity contribution in [2.75, 3.05) is 5.32 Å². The Bertz CT molecular complexity index is 1030. The molecule has 3 nitrogen and oxygen atoms in total. The lowest BCUT2D eigenvalue weighted by atomic mass is 9.99. The quantitative estimate of drug-likeness (QED) is 0.684. The highest BCUT2D eigenvalue weighted by Crippen LogP contribution is 2.28. The second kappa shape index (κ2) is 7.37. The Morgan fingerprint density at radius 1 is 1.00 bits per heavy atom. The van der Waals surface area contributed by atoms with Gasteiger partial charge in [-0.05, 0) is 36.2 Å². The third-order valence-corrected chi connectivity index (χ3v) is 5.04. The molecule has 0 spiro atoms. The van der Waals surface area contributed by atoms with Crippen LogP contribution in [0.15, 0.2) is 77.8 Å². The standard InChI is InChI=1S/C23H19ClN2O/c1-15-7-5-6-10-17(15)13-21-23(27)26-20-12-11-18(24)14-19(20)22(25-21)16-8-3-2-4-9-16/h2-12,14,21H,13H2,1H3,(H,26,27). The number of benzene rings is 3. The molecule has 0 fully saturated rings. The highest BCUT2D eigenvalue weighted by molar-refractivity contribution is 6.32. The van der Waals surface area contributed by atoms with Gasteiger partial charge < -0.3 is 5.32 Å². The summed E-state index contributed by atoms with van der Waals surface area (Å²) in [6.07, 6.45) is 0.552. The molecular weight excluding hydrogens is 356 g/mol. The Morgan fingerprint density at radius 2 is 1.74 bits per heavy atom. The highest BCUT2D eigenvalue weighted by atomic mass is 35.5. The summed E-state index contributed by atoms with van der Waals surface area (Å²) >= 11 is 6.24. The van der Waals surface area contributed by atoms with Gasteiger partial charge in [0.05, 0.1) is 11.4 Å². The van der Waals surface area contributed by atoms with Crippen molar-refractivity contribution in [1.29, 1.82) is 0 Å². The maximum absolute atomic E-state index is 12.9. The van der Waals surface area contributed by atoms with E-state index in [0.29, 0.717) is 11.4 Å². The Balaban J connectivity index is 1.83. The smallest absolute Gasteiger partial charge is 0.249 e. The van der Waals surface area contributed by atoms with Gasteiger partial charge in [0.2, 0.25) is 5.91 Å². The molecule has 1 N–H and O–H groups in total. The van der Waals surface area contributed by atoms with Crippen molar-refractivity contribution in [3.05, 3.63) is 100 Å². The minimum atomic E-state index is -0.507. The predicted molar refractivity (Wildman–Crippen MR) is 111 cm³/mol. The molecule has 1 aliphatic heterocycles. The summed E-state index contributed by atoms with van der Waals surface area (Å²) in [7, 11) is 0. The van der Waals surface area contributed by atoms with Crippen molar-refractivity contribution in [2.24, 2.45) is 4.99 Å². The van der Waals surface area contributed by atoms with E-state index in [-0.39, 0.29) is 5.91 Å². The highest BCUT2D eigenvalue weighted by Gasteiger charge is 2.26. The van der Waals surface area contributed by atoms with E-state index in [1.165, 1.54) is 0 Å². The summed E-state index contributed by atoms with van der Waals surface area (Å²) in [5.74, 6) is -0.104. The lowest BCUT2D eigenvalue weighted by Crippen LogP contribution is -2.27. The average Bonchev–Trinajstić information content (AvgIpc) is 2.81. The zero-order valence-electron chi connectivity index (χ0n) is 14.9. The molecule has 4 heteroatoms. The van der Waals surface area contributed by atoms with Gasteiger partial charge in [0.25, 0.3) is 0 Å². The fourth-order valence-electron chi connectivity index (χ4n) is 3.33. The number of carbonyl (C=O) groups excluding carboxylic acids is 1. The van der Waals surface area contributed by atoms with Gasteiger partial charge in [0.15, 0.2) is 0 Å². The summed E-state index contributed by atoms with van der Waals surface area (Å²) < 4.78 is 0. The molecule has 0 radical (unpaired) electrons. The fraction of sp³-hybridized carbons (Fsp3) is 0.130. The normalized spacial score (nSPS) is 16.1. The maximum atomic E-state index is 12.9. The predicted octanol–water partition coefficient (Wildman–Crippen LogP) is 5.05. The molecule has 1 unspecified atom stereocenters. The Hall–Kier alpha value is -2.91. The summed E-state index contributed by atoms with van der Waals surface area (Å²) in [6, 6.07) is 23.0. The monoisotopic (exact) mass is 374 g/mol. The van der Waals surface area contributed by atoms with Crippen molar-refractivity contribution in [3.8, 4) is 0 Å². The van der Waals surface area contributed by atoms with Crippen LogP contribution in [0.25, 0.3) is 0 Å².